The van der Waals surface area contributed by atoms with Gasteiger partial charge in [0.25, 0.3) is 5.92 Å². The number of alkyl halides is 2. The van der Waals surface area contributed by atoms with Gasteiger partial charge in [0.05, 0.1) is 6.54 Å². The zero-order valence-corrected chi connectivity index (χ0v) is 13.5. The fourth-order valence-corrected chi connectivity index (χ4v) is 2.11. The summed E-state index contributed by atoms with van der Waals surface area (Å²) in [4.78, 5) is 1.64. The lowest BCUT2D eigenvalue weighted by Gasteiger charge is -2.23. The molecule has 5 heteroatoms. The van der Waals surface area contributed by atoms with E-state index in [1.807, 2.05) is 46.5 Å². The molecule has 0 aliphatic carbocycles. The maximum Gasteiger partial charge on any atom is 0.261 e. The molecule has 0 radical (unpaired) electrons. The average Bonchev–Trinajstić information content (AvgIpc) is 2.61. The molecule has 18 heavy (non-hydrogen) atoms. The third-order valence-electron chi connectivity index (χ3n) is 2.41. The van der Waals surface area contributed by atoms with Crippen molar-refractivity contribution in [1.82, 2.24) is 10.2 Å². The Hall–Kier alpha value is 0.130. The molecule has 1 N–H and O–H groups in total. The van der Waals surface area contributed by atoms with Crippen LogP contribution in [0.4, 0.5) is 8.78 Å². The monoisotopic (exact) mass is 284 g/mol. The molecule has 2 aliphatic rings. The number of halogens is 2. The van der Waals surface area contributed by atoms with Gasteiger partial charge in [-0.1, -0.05) is 27.7 Å². The Kier molecular flexibility index (Phi) is 13.8. The molecule has 0 saturated carbocycles. The molecule has 0 atom stereocenters. The van der Waals surface area contributed by atoms with Gasteiger partial charge in [-0.05, 0) is 14.1 Å². The Morgan fingerprint density at radius 3 is 1.72 bits per heavy atom. The van der Waals surface area contributed by atoms with Crippen molar-refractivity contribution in [2.45, 2.75) is 46.1 Å². The van der Waals surface area contributed by atoms with E-state index < -0.39 is 5.92 Å². The van der Waals surface area contributed by atoms with Crippen LogP contribution in [0.3, 0.4) is 0 Å². The summed E-state index contributed by atoms with van der Waals surface area (Å²) >= 11 is 2.01. The number of nitrogens with zero attached hydrogens (tertiary/aromatic N) is 1. The summed E-state index contributed by atoms with van der Waals surface area (Å²) in [5.41, 5.74) is 0. The first-order valence-electron chi connectivity index (χ1n) is 6.85. The van der Waals surface area contributed by atoms with Crippen LogP contribution < -0.4 is 5.32 Å². The van der Waals surface area contributed by atoms with Crippen LogP contribution in [0.15, 0.2) is 0 Å². The van der Waals surface area contributed by atoms with Crippen LogP contribution in [0.5, 0.6) is 0 Å². The first kappa shape index (κ1) is 20.4. The van der Waals surface area contributed by atoms with Crippen molar-refractivity contribution in [2.75, 3.05) is 38.7 Å². The zero-order valence-electron chi connectivity index (χ0n) is 12.7. The lowest BCUT2D eigenvalue weighted by Crippen LogP contribution is -2.37. The van der Waals surface area contributed by atoms with E-state index in [4.69, 9.17) is 0 Å². The minimum absolute atomic E-state index is 0.0312. The van der Waals surface area contributed by atoms with E-state index in [-0.39, 0.29) is 13.0 Å². The highest BCUT2D eigenvalue weighted by atomic mass is 32.2. The standard InChI is InChI=1S/C5H9F2N.C4H9NS.2C2H6/c1-8-3-2-5(6,7)4-8;1-5-4-2-6-3-4;2*1-2/h2-4H2,1H3;4-5H,2-3H2,1H3;2*1-2H3. The Bertz CT molecular complexity index is 174. The summed E-state index contributed by atoms with van der Waals surface area (Å²) in [5, 5.41) is 3.18. The summed E-state index contributed by atoms with van der Waals surface area (Å²) in [6.45, 7) is 8.47. The molecule has 2 heterocycles. The molecule has 2 fully saturated rings. The van der Waals surface area contributed by atoms with Crippen LogP contribution in [0.2, 0.25) is 0 Å². The maximum absolute atomic E-state index is 12.2. The maximum atomic E-state index is 12.2. The van der Waals surface area contributed by atoms with E-state index in [1.165, 1.54) is 11.5 Å². The van der Waals surface area contributed by atoms with Gasteiger partial charge in [0.15, 0.2) is 0 Å². The highest BCUT2D eigenvalue weighted by Crippen LogP contribution is 2.24. The van der Waals surface area contributed by atoms with E-state index in [0.29, 0.717) is 6.54 Å². The third kappa shape index (κ3) is 10.1. The average molecular weight is 284 g/mol. The number of hydrogen-bond acceptors (Lipinski definition) is 3. The molecule has 2 rings (SSSR count). The van der Waals surface area contributed by atoms with Gasteiger partial charge in [0, 0.05) is 30.5 Å². The predicted octanol–water partition coefficient (Wildman–Crippen LogP) is 3.33. The molecule has 0 aromatic heterocycles. The molecular weight excluding hydrogens is 254 g/mol. The molecule has 0 aromatic carbocycles. The second kappa shape index (κ2) is 12.2. The SMILES string of the molecule is CC.CC.CN1CCC(F)(F)C1.CNC1CSC1. The van der Waals surface area contributed by atoms with Crippen molar-refractivity contribution in [2.24, 2.45) is 0 Å². The van der Waals surface area contributed by atoms with E-state index in [1.54, 1.807) is 11.9 Å². The molecule has 0 amide bonds. The Balaban J connectivity index is 0. The summed E-state index contributed by atoms with van der Waals surface area (Å²) in [5.74, 6) is 0.224. The van der Waals surface area contributed by atoms with Crippen LogP contribution in [-0.4, -0.2) is 55.6 Å². The first-order chi connectivity index (χ1) is 8.53. The van der Waals surface area contributed by atoms with Crippen molar-refractivity contribution in [3.8, 4) is 0 Å². The molecule has 2 aliphatic heterocycles. The van der Waals surface area contributed by atoms with E-state index in [0.717, 1.165) is 6.04 Å². The first-order valence-corrected chi connectivity index (χ1v) is 8.00. The smallest absolute Gasteiger partial charge is 0.261 e. The van der Waals surface area contributed by atoms with Gasteiger partial charge in [0.2, 0.25) is 0 Å². The molecule has 0 spiro atoms. The summed E-state index contributed by atoms with van der Waals surface area (Å²) in [7, 11) is 3.73. The molecular formula is C13H30F2N2S. The normalized spacial score (nSPS) is 21.3. The van der Waals surface area contributed by atoms with Gasteiger partial charge in [-0.2, -0.15) is 11.8 Å². The largest absolute Gasteiger partial charge is 0.315 e. The van der Waals surface area contributed by atoms with Gasteiger partial charge < -0.3 is 10.2 Å². The Morgan fingerprint density at radius 1 is 1.17 bits per heavy atom. The van der Waals surface area contributed by atoms with E-state index in [9.17, 15) is 8.78 Å². The number of likely N-dealkylation sites (tertiary alicyclic amines) is 1. The second-order valence-corrected chi connectivity index (χ2v) is 4.94. The Morgan fingerprint density at radius 2 is 1.67 bits per heavy atom. The lowest BCUT2D eigenvalue weighted by atomic mass is 10.3. The Labute approximate surface area is 116 Å². The van der Waals surface area contributed by atoms with Crippen molar-refractivity contribution < 1.29 is 8.78 Å². The van der Waals surface area contributed by atoms with Crippen molar-refractivity contribution in [3.05, 3.63) is 0 Å². The van der Waals surface area contributed by atoms with E-state index >= 15 is 0 Å². The third-order valence-corrected chi connectivity index (χ3v) is 3.68. The van der Waals surface area contributed by atoms with Crippen molar-refractivity contribution in [1.29, 1.82) is 0 Å². The number of thioether (sulfide) groups is 1. The predicted molar refractivity (Wildman–Crippen MR) is 79.9 cm³/mol. The van der Waals surface area contributed by atoms with Gasteiger partial charge in [-0.3, -0.25) is 0 Å². The minimum Gasteiger partial charge on any atom is -0.315 e. The molecule has 2 nitrogen and oxygen atoms in total. The summed E-state index contributed by atoms with van der Waals surface area (Å²) in [6, 6.07) is 0.829. The van der Waals surface area contributed by atoms with Crippen molar-refractivity contribution in [3.63, 3.8) is 0 Å². The topological polar surface area (TPSA) is 15.3 Å². The minimum atomic E-state index is -2.41. The van der Waals surface area contributed by atoms with Gasteiger partial charge in [-0.25, -0.2) is 8.78 Å². The number of rotatable bonds is 1. The van der Waals surface area contributed by atoms with Crippen molar-refractivity contribution >= 4 is 11.8 Å². The van der Waals surface area contributed by atoms with Crippen LogP contribution in [0.1, 0.15) is 34.1 Å². The van der Waals surface area contributed by atoms with Crippen LogP contribution in [0, 0.1) is 0 Å². The second-order valence-electron chi connectivity index (χ2n) is 3.87. The van der Waals surface area contributed by atoms with Crippen LogP contribution in [0.25, 0.3) is 0 Å². The molecule has 0 bridgehead atoms. The number of hydrogen-bond donors (Lipinski definition) is 1. The molecule has 0 aromatic rings. The van der Waals surface area contributed by atoms with Crippen LogP contribution >= 0.6 is 11.8 Å². The van der Waals surface area contributed by atoms with Gasteiger partial charge in [0.1, 0.15) is 0 Å². The van der Waals surface area contributed by atoms with Gasteiger partial charge >= 0.3 is 0 Å². The molecule has 112 valence electrons. The van der Waals surface area contributed by atoms with E-state index in [2.05, 4.69) is 5.32 Å². The fourth-order valence-electron chi connectivity index (χ4n) is 1.31. The lowest BCUT2D eigenvalue weighted by molar-refractivity contribution is 0.0146. The fraction of sp³-hybridized carbons (Fsp3) is 1.00. The summed E-state index contributed by atoms with van der Waals surface area (Å²) < 4.78 is 24.3. The van der Waals surface area contributed by atoms with Gasteiger partial charge in [-0.15, -0.1) is 0 Å². The summed E-state index contributed by atoms with van der Waals surface area (Å²) in [6.07, 6.45) is 0.0312. The number of nitrogens with one attached hydrogen (secondary N) is 1. The van der Waals surface area contributed by atoms with Crippen LogP contribution in [-0.2, 0) is 0 Å². The molecule has 0 unspecified atom stereocenters. The quantitative estimate of drug-likeness (QED) is 0.795. The highest BCUT2D eigenvalue weighted by molar-refractivity contribution is 8.00. The molecule has 2 saturated heterocycles. The highest BCUT2D eigenvalue weighted by Gasteiger charge is 2.35. The zero-order chi connectivity index (χ0) is 14.6.